The first-order chi connectivity index (χ1) is 12.3. The number of fused-ring (bicyclic) bond motifs is 1. The van der Waals surface area contributed by atoms with Gasteiger partial charge in [-0.3, -0.25) is 29.0 Å². The van der Waals surface area contributed by atoms with Gasteiger partial charge in [-0.1, -0.05) is 6.07 Å². The van der Waals surface area contributed by atoms with Crippen molar-refractivity contribution < 1.29 is 10.0 Å². The van der Waals surface area contributed by atoms with Crippen LogP contribution in [-0.2, 0) is 25.4 Å². The highest BCUT2D eigenvalue weighted by Crippen LogP contribution is 2.17. The highest BCUT2D eigenvalue weighted by atomic mass is 16.5. The van der Waals surface area contributed by atoms with Gasteiger partial charge in [0.15, 0.2) is 11.2 Å². The molecule has 2 aromatic heterocycles. The first-order valence-corrected chi connectivity index (χ1v) is 7.73. The summed E-state index contributed by atoms with van der Waals surface area (Å²) in [6, 6.07) is 6.66. The first-order valence-electron chi connectivity index (χ1n) is 7.73. The van der Waals surface area contributed by atoms with Crippen molar-refractivity contribution in [1.29, 1.82) is 0 Å². The van der Waals surface area contributed by atoms with Gasteiger partial charge >= 0.3 is 5.69 Å². The molecule has 0 saturated carbocycles. The molecule has 1 aromatic carbocycles. The molecule has 2 heterocycles. The van der Waals surface area contributed by atoms with Crippen molar-refractivity contribution in [3.8, 4) is 0 Å². The van der Waals surface area contributed by atoms with Crippen LogP contribution in [0.25, 0.3) is 11.2 Å². The Hall–Kier alpha value is -3.40. The molecule has 0 atom stereocenters. The van der Waals surface area contributed by atoms with E-state index in [1.54, 1.807) is 24.3 Å². The third-order valence-corrected chi connectivity index (χ3v) is 4.03. The third kappa shape index (κ3) is 2.97. The van der Waals surface area contributed by atoms with Crippen molar-refractivity contribution in [2.24, 2.45) is 14.1 Å². The van der Waals surface area contributed by atoms with E-state index in [0.717, 1.165) is 9.63 Å². The Bertz CT molecular complexity index is 1110. The monoisotopic (exact) mass is 358 g/mol. The number of anilines is 2. The van der Waals surface area contributed by atoms with Gasteiger partial charge in [0.25, 0.3) is 5.56 Å². The highest BCUT2D eigenvalue weighted by molar-refractivity contribution is 5.91. The Morgan fingerprint density at radius 2 is 2.00 bits per heavy atom. The van der Waals surface area contributed by atoms with Crippen LogP contribution in [0.2, 0.25) is 0 Å². The maximum Gasteiger partial charge on any atom is 0.332 e. The molecule has 0 unspecified atom stereocenters. The molecule has 3 rings (SSSR count). The van der Waals surface area contributed by atoms with E-state index >= 15 is 0 Å². The summed E-state index contributed by atoms with van der Waals surface area (Å²) in [5.74, 6) is -0.377. The number of hydrogen-bond donors (Lipinski definition) is 2. The molecular weight excluding hydrogens is 340 g/mol. The average molecular weight is 358 g/mol. The topological polar surface area (TPSA) is 114 Å². The molecule has 3 aromatic rings. The van der Waals surface area contributed by atoms with Crippen LogP contribution in [-0.4, -0.2) is 36.8 Å². The summed E-state index contributed by atoms with van der Waals surface area (Å²) < 4.78 is 3.62. The number of rotatable bonds is 4. The Morgan fingerprint density at radius 3 is 2.69 bits per heavy atom. The average Bonchev–Trinajstić information content (AvgIpc) is 3.01. The standard InChI is InChI=1S/C16H18N6O4/c1-19-14-13(15(24)20(2)16(19)25)22(9-17-14)8-12(23)18-10-5-4-6-11(7-10)21(3)26/h4-7,9,26H,8H2,1-3H3,(H,18,23). The summed E-state index contributed by atoms with van der Waals surface area (Å²) in [5.41, 5.74) is 0.403. The summed E-state index contributed by atoms with van der Waals surface area (Å²) in [6.07, 6.45) is 1.35. The van der Waals surface area contributed by atoms with E-state index in [0.29, 0.717) is 11.4 Å². The molecule has 10 heteroatoms. The summed E-state index contributed by atoms with van der Waals surface area (Å²) in [5, 5.41) is 13.1. The summed E-state index contributed by atoms with van der Waals surface area (Å²) in [7, 11) is 4.36. The zero-order chi connectivity index (χ0) is 19.0. The molecule has 0 bridgehead atoms. The number of nitrogens with one attached hydrogen (secondary N) is 1. The molecule has 26 heavy (non-hydrogen) atoms. The zero-order valence-corrected chi connectivity index (χ0v) is 14.5. The number of carbonyl (C=O) groups is 1. The number of benzene rings is 1. The normalized spacial score (nSPS) is 10.9. The van der Waals surface area contributed by atoms with Gasteiger partial charge in [0, 0.05) is 26.8 Å². The maximum atomic E-state index is 12.4. The number of hydrogen-bond acceptors (Lipinski definition) is 6. The second-order valence-corrected chi connectivity index (χ2v) is 5.87. The third-order valence-electron chi connectivity index (χ3n) is 4.03. The molecule has 0 radical (unpaired) electrons. The number of aryl methyl sites for hydroxylation is 1. The molecular formula is C16H18N6O4. The van der Waals surface area contributed by atoms with E-state index in [9.17, 15) is 19.6 Å². The SMILES string of the molecule is CN(O)c1cccc(NC(=O)Cn2cnc3c2c(=O)n(C)c(=O)n3C)c1. The van der Waals surface area contributed by atoms with Crippen LogP contribution in [0.3, 0.4) is 0 Å². The largest absolute Gasteiger partial charge is 0.332 e. The highest BCUT2D eigenvalue weighted by Gasteiger charge is 2.16. The molecule has 2 N–H and O–H groups in total. The predicted molar refractivity (Wildman–Crippen MR) is 95.5 cm³/mol. The van der Waals surface area contributed by atoms with Gasteiger partial charge in [-0.2, -0.15) is 0 Å². The fourth-order valence-corrected chi connectivity index (χ4v) is 2.66. The Kier molecular flexibility index (Phi) is 4.34. The minimum absolute atomic E-state index is 0.150. The van der Waals surface area contributed by atoms with Gasteiger partial charge in [0.1, 0.15) is 6.54 Å². The number of aromatic nitrogens is 4. The van der Waals surface area contributed by atoms with E-state index in [-0.39, 0.29) is 23.6 Å². The van der Waals surface area contributed by atoms with Crippen LogP contribution in [0.1, 0.15) is 0 Å². The van der Waals surface area contributed by atoms with Gasteiger partial charge in [-0.15, -0.1) is 0 Å². The van der Waals surface area contributed by atoms with Crippen molar-refractivity contribution in [3.63, 3.8) is 0 Å². The molecule has 136 valence electrons. The van der Waals surface area contributed by atoms with Crippen molar-refractivity contribution >= 4 is 28.4 Å². The van der Waals surface area contributed by atoms with E-state index in [1.165, 1.54) is 36.6 Å². The van der Waals surface area contributed by atoms with Crippen molar-refractivity contribution in [3.05, 3.63) is 51.4 Å². The van der Waals surface area contributed by atoms with Crippen molar-refractivity contribution in [2.45, 2.75) is 6.54 Å². The molecule has 0 saturated heterocycles. The molecule has 0 aliphatic heterocycles. The summed E-state index contributed by atoms with van der Waals surface area (Å²) >= 11 is 0. The van der Waals surface area contributed by atoms with Gasteiger partial charge in [0.2, 0.25) is 5.91 Å². The fraction of sp³-hybridized carbons (Fsp3) is 0.250. The number of nitrogens with zero attached hydrogens (tertiary/aromatic N) is 5. The summed E-state index contributed by atoms with van der Waals surface area (Å²) in [4.78, 5) is 40.7. The zero-order valence-electron chi connectivity index (χ0n) is 14.5. The number of imidazole rings is 1. The Morgan fingerprint density at radius 1 is 1.27 bits per heavy atom. The summed E-state index contributed by atoms with van der Waals surface area (Å²) in [6.45, 7) is -0.150. The van der Waals surface area contributed by atoms with Gasteiger partial charge < -0.3 is 9.88 Å². The Labute approximate surface area is 147 Å². The lowest BCUT2D eigenvalue weighted by Crippen LogP contribution is -2.37. The quantitative estimate of drug-likeness (QED) is 0.630. The van der Waals surface area contributed by atoms with E-state index in [2.05, 4.69) is 10.3 Å². The van der Waals surface area contributed by atoms with Crippen LogP contribution >= 0.6 is 0 Å². The van der Waals surface area contributed by atoms with Crippen LogP contribution in [0, 0.1) is 0 Å². The van der Waals surface area contributed by atoms with Crippen LogP contribution in [0.5, 0.6) is 0 Å². The molecule has 0 spiro atoms. The molecule has 1 amide bonds. The lowest BCUT2D eigenvalue weighted by atomic mass is 10.2. The second kappa shape index (κ2) is 6.48. The van der Waals surface area contributed by atoms with Crippen LogP contribution in [0.15, 0.2) is 40.2 Å². The van der Waals surface area contributed by atoms with Crippen molar-refractivity contribution in [2.75, 3.05) is 17.4 Å². The lowest BCUT2D eigenvalue weighted by Gasteiger charge is -2.12. The molecule has 0 fully saturated rings. The van der Waals surface area contributed by atoms with Crippen LogP contribution in [0.4, 0.5) is 11.4 Å². The predicted octanol–water partition coefficient (Wildman–Crippen LogP) is -0.102. The fourth-order valence-electron chi connectivity index (χ4n) is 2.66. The smallest absolute Gasteiger partial charge is 0.324 e. The lowest BCUT2D eigenvalue weighted by molar-refractivity contribution is -0.116. The minimum Gasteiger partial charge on any atom is -0.324 e. The van der Waals surface area contributed by atoms with E-state index in [1.807, 2.05) is 0 Å². The van der Waals surface area contributed by atoms with Crippen LogP contribution < -0.4 is 21.6 Å². The van der Waals surface area contributed by atoms with E-state index in [4.69, 9.17) is 0 Å². The Balaban J connectivity index is 1.90. The number of carbonyl (C=O) groups excluding carboxylic acids is 1. The van der Waals surface area contributed by atoms with Gasteiger partial charge in [-0.05, 0) is 18.2 Å². The van der Waals surface area contributed by atoms with E-state index < -0.39 is 11.2 Å². The maximum absolute atomic E-state index is 12.4. The number of hydroxylamine groups is 1. The second-order valence-electron chi connectivity index (χ2n) is 5.87. The molecule has 0 aliphatic carbocycles. The number of amides is 1. The van der Waals surface area contributed by atoms with Gasteiger partial charge in [-0.25, -0.2) is 9.78 Å². The minimum atomic E-state index is -0.516. The van der Waals surface area contributed by atoms with Crippen molar-refractivity contribution in [1.82, 2.24) is 18.7 Å². The van der Waals surface area contributed by atoms with Gasteiger partial charge in [0.05, 0.1) is 12.0 Å². The molecule has 0 aliphatic rings. The first kappa shape index (κ1) is 17.4. The molecule has 10 nitrogen and oxygen atoms in total.